The maximum Gasteiger partial charge on any atom is 0.411 e. The van der Waals surface area contributed by atoms with E-state index < -0.39 is 17.7 Å². The Balaban J connectivity index is 2.49. The van der Waals surface area contributed by atoms with E-state index in [2.05, 4.69) is 0 Å². The van der Waals surface area contributed by atoms with Crippen molar-refractivity contribution in [2.45, 2.75) is 37.3 Å². The van der Waals surface area contributed by atoms with Gasteiger partial charge in [-0.05, 0) is 24.5 Å². The van der Waals surface area contributed by atoms with E-state index in [1.807, 2.05) is 18.2 Å². The monoisotopic (exact) mass is 331 g/mol. The molecule has 1 aromatic rings. The maximum absolute atomic E-state index is 12.1. The number of ether oxygens (including phenoxy) is 1. The molecule has 1 aliphatic carbocycles. The summed E-state index contributed by atoms with van der Waals surface area (Å²) >= 11 is 11.8. The fraction of sp³-hybridized carbons (Fsp3) is 0.533. The van der Waals surface area contributed by atoms with Crippen LogP contribution in [0.2, 0.25) is 5.02 Å². The Labute approximate surface area is 134 Å². The summed E-state index contributed by atoms with van der Waals surface area (Å²) < 4.78 is 4.89. The number of rotatable bonds is 3. The van der Waals surface area contributed by atoms with E-state index in [0.29, 0.717) is 17.9 Å². The van der Waals surface area contributed by atoms with Crippen LogP contribution in [-0.4, -0.2) is 35.3 Å². The third-order valence-electron chi connectivity index (χ3n) is 4.23. The van der Waals surface area contributed by atoms with Gasteiger partial charge in [0.15, 0.2) is 6.07 Å². The number of carbonyl (C=O) groups excluding carboxylic acids is 1. The Bertz CT molecular complexity index is 511. The standard InChI is InChI=1S/C15H19Cl2NO3/c1-18(14(20)21-10-16)15(9-5-4-8-13(15)19)11-6-2-3-7-12(11)17/h2-3,6-7,13,19H,4-5,8-10H2,1H3/t13?,15-/m0/s1. The Kier molecular flexibility index (Phi) is 5.36. The molecule has 0 radical (unpaired) electrons. The van der Waals surface area contributed by atoms with Gasteiger partial charge in [-0.1, -0.05) is 54.2 Å². The van der Waals surface area contributed by atoms with Crippen LogP contribution in [0.5, 0.6) is 0 Å². The van der Waals surface area contributed by atoms with E-state index in [4.69, 9.17) is 27.9 Å². The molecule has 1 saturated carbocycles. The molecule has 21 heavy (non-hydrogen) atoms. The van der Waals surface area contributed by atoms with Gasteiger partial charge < -0.3 is 9.84 Å². The van der Waals surface area contributed by atoms with E-state index in [9.17, 15) is 9.90 Å². The van der Waals surface area contributed by atoms with Crippen LogP contribution in [0.4, 0.5) is 4.79 Å². The average molecular weight is 332 g/mol. The largest absolute Gasteiger partial charge is 0.433 e. The van der Waals surface area contributed by atoms with E-state index >= 15 is 0 Å². The van der Waals surface area contributed by atoms with Crippen molar-refractivity contribution in [2.75, 3.05) is 13.1 Å². The summed E-state index contributed by atoms with van der Waals surface area (Å²) in [6, 6.07) is 7.07. The van der Waals surface area contributed by atoms with Crippen molar-refractivity contribution in [3.8, 4) is 0 Å². The summed E-state index contributed by atoms with van der Waals surface area (Å²) in [7, 11) is 1.62. The molecule has 2 atom stereocenters. The van der Waals surface area contributed by atoms with Crippen LogP contribution < -0.4 is 0 Å². The van der Waals surface area contributed by atoms with Crippen molar-refractivity contribution in [1.29, 1.82) is 0 Å². The smallest absolute Gasteiger partial charge is 0.411 e. The minimum atomic E-state index is -0.875. The number of benzene rings is 1. The summed E-state index contributed by atoms with van der Waals surface area (Å²) in [6.07, 6.45) is 1.81. The Hall–Kier alpha value is -0.970. The highest BCUT2D eigenvalue weighted by Crippen LogP contribution is 2.44. The zero-order valence-electron chi connectivity index (χ0n) is 11.9. The zero-order valence-corrected chi connectivity index (χ0v) is 13.4. The molecule has 0 aliphatic heterocycles. The first-order valence-corrected chi connectivity index (χ1v) is 7.85. The molecule has 6 heteroatoms. The lowest BCUT2D eigenvalue weighted by Crippen LogP contribution is -2.56. The van der Waals surface area contributed by atoms with E-state index in [-0.39, 0.29) is 6.07 Å². The molecule has 1 unspecified atom stereocenters. The second-order valence-corrected chi connectivity index (χ2v) is 5.87. The number of alkyl halides is 1. The summed E-state index contributed by atoms with van der Waals surface area (Å²) in [5.41, 5.74) is -0.132. The number of carbonyl (C=O) groups is 1. The van der Waals surface area contributed by atoms with Crippen LogP contribution >= 0.6 is 23.2 Å². The number of hydrogen-bond donors (Lipinski definition) is 1. The molecule has 0 aromatic heterocycles. The third-order valence-corrected chi connectivity index (χ3v) is 4.67. The van der Waals surface area contributed by atoms with E-state index in [0.717, 1.165) is 18.4 Å². The Morgan fingerprint density at radius 2 is 2.19 bits per heavy atom. The lowest BCUT2D eigenvalue weighted by molar-refractivity contribution is -0.0463. The third kappa shape index (κ3) is 2.98. The van der Waals surface area contributed by atoms with Gasteiger partial charge in [0.25, 0.3) is 0 Å². The second kappa shape index (κ2) is 6.86. The molecule has 1 aromatic carbocycles. The van der Waals surface area contributed by atoms with Crippen molar-refractivity contribution < 1.29 is 14.6 Å². The van der Waals surface area contributed by atoms with Crippen LogP contribution in [0.1, 0.15) is 31.2 Å². The summed E-state index contributed by atoms with van der Waals surface area (Å²) in [5, 5.41) is 11.2. The van der Waals surface area contributed by atoms with Crippen LogP contribution in [0.15, 0.2) is 24.3 Å². The van der Waals surface area contributed by atoms with Gasteiger partial charge >= 0.3 is 6.09 Å². The molecule has 1 aliphatic rings. The molecule has 4 nitrogen and oxygen atoms in total. The van der Waals surface area contributed by atoms with Crippen molar-refractivity contribution >= 4 is 29.3 Å². The summed E-state index contributed by atoms with van der Waals surface area (Å²) in [5.74, 6) is 0. The molecule has 116 valence electrons. The number of halogens is 2. The summed E-state index contributed by atoms with van der Waals surface area (Å²) in [6.45, 7) is 0. The molecule has 0 spiro atoms. The molecule has 0 bridgehead atoms. The van der Waals surface area contributed by atoms with Gasteiger partial charge in [-0.15, -0.1) is 0 Å². The first-order valence-electron chi connectivity index (χ1n) is 6.93. The first kappa shape index (κ1) is 16.4. The van der Waals surface area contributed by atoms with Crippen molar-refractivity contribution in [2.24, 2.45) is 0 Å². The van der Waals surface area contributed by atoms with Gasteiger partial charge in [-0.25, -0.2) is 4.79 Å². The first-order chi connectivity index (χ1) is 10.0. The van der Waals surface area contributed by atoms with Gasteiger partial charge in [-0.2, -0.15) is 0 Å². The van der Waals surface area contributed by atoms with Crippen LogP contribution in [0.25, 0.3) is 0 Å². The lowest BCUT2D eigenvalue weighted by atomic mass is 9.73. The molecular weight excluding hydrogens is 313 g/mol. The van der Waals surface area contributed by atoms with Crippen LogP contribution in [-0.2, 0) is 10.3 Å². The number of amides is 1. The number of aliphatic hydroxyl groups excluding tert-OH is 1. The quantitative estimate of drug-likeness (QED) is 0.858. The van der Waals surface area contributed by atoms with E-state index in [1.165, 1.54) is 4.90 Å². The normalized spacial score (nSPS) is 25.4. The zero-order chi connectivity index (χ0) is 15.5. The number of hydrogen-bond acceptors (Lipinski definition) is 3. The van der Waals surface area contributed by atoms with Gasteiger partial charge in [0.05, 0.1) is 11.6 Å². The Morgan fingerprint density at radius 1 is 1.48 bits per heavy atom. The fourth-order valence-corrected chi connectivity index (χ4v) is 3.54. The average Bonchev–Trinajstić information content (AvgIpc) is 2.48. The fourth-order valence-electron chi connectivity index (χ4n) is 3.14. The molecule has 1 N–H and O–H groups in total. The molecule has 1 fully saturated rings. The highest BCUT2D eigenvalue weighted by atomic mass is 35.5. The van der Waals surface area contributed by atoms with Crippen molar-refractivity contribution in [3.05, 3.63) is 34.9 Å². The van der Waals surface area contributed by atoms with Gasteiger partial charge in [-0.3, -0.25) is 4.90 Å². The molecule has 2 rings (SSSR count). The Morgan fingerprint density at radius 3 is 2.81 bits per heavy atom. The van der Waals surface area contributed by atoms with Gasteiger partial charge in [0.1, 0.15) is 0 Å². The van der Waals surface area contributed by atoms with Gasteiger partial charge in [0, 0.05) is 12.1 Å². The predicted octanol–water partition coefficient (Wildman–Crippen LogP) is 3.73. The minimum absolute atomic E-state index is 0.224. The number of nitrogens with zero attached hydrogens (tertiary/aromatic N) is 1. The van der Waals surface area contributed by atoms with Crippen molar-refractivity contribution in [1.82, 2.24) is 4.90 Å². The number of aliphatic hydroxyl groups is 1. The topological polar surface area (TPSA) is 49.8 Å². The maximum atomic E-state index is 12.1. The van der Waals surface area contributed by atoms with Crippen LogP contribution in [0, 0.1) is 0 Å². The SMILES string of the molecule is CN(C(=O)OCCl)[C@]1(c2ccccc2Cl)CCCCC1O. The summed E-state index contributed by atoms with van der Waals surface area (Å²) in [4.78, 5) is 13.6. The van der Waals surface area contributed by atoms with E-state index in [1.54, 1.807) is 13.1 Å². The van der Waals surface area contributed by atoms with Crippen LogP contribution in [0.3, 0.4) is 0 Å². The molecular formula is C15H19Cl2NO3. The van der Waals surface area contributed by atoms with Crippen molar-refractivity contribution in [3.63, 3.8) is 0 Å². The second-order valence-electron chi connectivity index (χ2n) is 5.24. The highest BCUT2D eigenvalue weighted by molar-refractivity contribution is 6.31. The van der Waals surface area contributed by atoms with Gasteiger partial charge in [0.2, 0.25) is 0 Å². The number of likely N-dealkylation sites (N-methyl/N-ethyl adjacent to an activating group) is 1. The minimum Gasteiger partial charge on any atom is -0.433 e. The molecule has 0 saturated heterocycles. The predicted molar refractivity (Wildman–Crippen MR) is 82.6 cm³/mol. The lowest BCUT2D eigenvalue weighted by Gasteiger charge is -2.47. The highest BCUT2D eigenvalue weighted by Gasteiger charge is 2.48. The molecule has 1 amide bonds. The molecule has 0 heterocycles.